The number of halogens is 4. The first-order valence-corrected chi connectivity index (χ1v) is 22.0. The summed E-state index contributed by atoms with van der Waals surface area (Å²) in [6, 6.07) is 4.62. The first kappa shape index (κ1) is 33.4. The van der Waals surface area contributed by atoms with Crippen LogP contribution in [0.4, 0.5) is 15.5 Å². The lowest BCUT2D eigenvalue weighted by Gasteiger charge is -2.46. The molecule has 2 aliphatic carbocycles. The highest BCUT2D eigenvalue weighted by Crippen LogP contribution is 2.98. The quantitative estimate of drug-likeness (QED) is 0.235. The molecule has 0 amide bonds. The van der Waals surface area contributed by atoms with Gasteiger partial charge in [0.15, 0.2) is 18.2 Å². The lowest BCUT2D eigenvalue weighted by Crippen LogP contribution is -2.44. The number of benzene rings is 1. The smallest absolute Gasteiger partial charge is 0.192 e. The van der Waals surface area contributed by atoms with Gasteiger partial charge in [-0.1, -0.05) is 59.6 Å². The number of rotatable bonds is 5. The summed E-state index contributed by atoms with van der Waals surface area (Å²) in [7, 11) is -10.5. The standard InChI is InChI=1S/C35H51F4NO3SSi/c1-33(2,3)45(7,8)43-27-22-34(4,5)21-26-28(27)30-29(31(40-26)23-15-19-41-20-16-23)32(42-35(30)17-9-10-18-35)24-11-13-25(14-12-24)44(6,36,37,38)39/h11-14,23,27,32H,9-10,15-22H2,1-8H3. The maximum atomic E-state index is 14.4. The molecule has 1 spiro atoms. The van der Waals surface area contributed by atoms with Crippen LogP contribution < -0.4 is 0 Å². The van der Waals surface area contributed by atoms with Gasteiger partial charge in [0.25, 0.3) is 0 Å². The average Bonchev–Trinajstić information content (AvgIpc) is 3.51. The maximum absolute atomic E-state index is 14.4. The van der Waals surface area contributed by atoms with Crippen LogP contribution in [-0.2, 0) is 25.9 Å². The van der Waals surface area contributed by atoms with Gasteiger partial charge in [0.2, 0.25) is 0 Å². The molecule has 2 unspecified atom stereocenters. The third kappa shape index (κ3) is 6.16. The Morgan fingerprint density at radius 3 is 2.11 bits per heavy atom. The van der Waals surface area contributed by atoms with Gasteiger partial charge in [0.1, 0.15) is 6.10 Å². The summed E-state index contributed by atoms with van der Waals surface area (Å²) < 4.78 is 77.6. The van der Waals surface area contributed by atoms with Crippen LogP contribution in [0, 0.1) is 5.41 Å². The lowest BCUT2D eigenvalue weighted by molar-refractivity contribution is -0.0580. The molecule has 1 saturated heterocycles. The monoisotopic (exact) mass is 669 g/mol. The lowest BCUT2D eigenvalue weighted by atomic mass is 9.70. The third-order valence-electron chi connectivity index (χ3n) is 11.2. The fourth-order valence-electron chi connectivity index (χ4n) is 7.84. The van der Waals surface area contributed by atoms with E-state index in [9.17, 15) is 15.5 Å². The molecule has 4 nitrogen and oxygen atoms in total. The van der Waals surface area contributed by atoms with Crippen LogP contribution in [0.25, 0.3) is 0 Å². The van der Waals surface area contributed by atoms with Crippen LogP contribution in [0.5, 0.6) is 0 Å². The molecule has 6 rings (SSSR count). The van der Waals surface area contributed by atoms with Crippen molar-refractivity contribution in [2.75, 3.05) is 19.5 Å². The van der Waals surface area contributed by atoms with Crippen LogP contribution in [0.2, 0.25) is 18.1 Å². The second-order valence-corrected chi connectivity index (χ2v) is 24.9. The Bertz CT molecular complexity index is 1470. The minimum absolute atomic E-state index is 0.00885. The van der Waals surface area contributed by atoms with Gasteiger partial charge >= 0.3 is 0 Å². The Morgan fingerprint density at radius 2 is 1.56 bits per heavy atom. The van der Waals surface area contributed by atoms with Gasteiger partial charge in [-0.05, 0) is 85.3 Å². The van der Waals surface area contributed by atoms with Crippen molar-refractivity contribution in [1.82, 2.24) is 4.98 Å². The Labute approximate surface area is 267 Å². The van der Waals surface area contributed by atoms with E-state index in [0.717, 1.165) is 80.5 Å². The number of nitrogens with zero attached hydrogens (tertiary/aromatic N) is 1. The summed E-state index contributed by atoms with van der Waals surface area (Å²) in [5.74, 6) is 0.166. The molecule has 4 aliphatic rings. The summed E-state index contributed by atoms with van der Waals surface area (Å²) in [6.45, 7) is 17.3. The van der Waals surface area contributed by atoms with Gasteiger partial charge in [-0.15, -0.1) is 15.5 Å². The van der Waals surface area contributed by atoms with Crippen LogP contribution in [0.3, 0.4) is 0 Å². The summed E-state index contributed by atoms with van der Waals surface area (Å²) >= 11 is 0. The van der Waals surface area contributed by atoms with Gasteiger partial charge < -0.3 is 13.9 Å². The maximum Gasteiger partial charge on any atom is 0.192 e. The van der Waals surface area contributed by atoms with E-state index in [4.69, 9.17) is 18.9 Å². The van der Waals surface area contributed by atoms with Gasteiger partial charge in [0, 0.05) is 36.0 Å². The highest BCUT2D eigenvalue weighted by molar-refractivity contribution is 8.49. The van der Waals surface area contributed by atoms with Crippen LogP contribution in [0.15, 0.2) is 29.2 Å². The van der Waals surface area contributed by atoms with E-state index >= 15 is 0 Å². The van der Waals surface area contributed by atoms with Crippen molar-refractivity contribution in [3.8, 4) is 0 Å². The molecule has 0 bridgehead atoms. The zero-order valence-electron chi connectivity index (χ0n) is 28.2. The number of hydrogen-bond acceptors (Lipinski definition) is 4. The van der Waals surface area contributed by atoms with E-state index < -0.39 is 34.8 Å². The van der Waals surface area contributed by atoms with E-state index in [1.54, 1.807) is 0 Å². The molecule has 2 atom stereocenters. The Hall–Kier alpha value is -1.46. The molecule has 2 aromatic rings. The molecule has 10 heteroatoms. The second-order valence-electron chi connectivity index (χ2n) is 16.7. The van der Waals surface area contributed by atoms with Gasteiger partial charge in [0.05, 0.1) is 28.6 Å². The second kappa shape index (κ2) is 10.0. The Morgan fingerprint density at radius 1 is 0.956 bits per heavy atom. The molecular formula is C35H51F4NO3SSi. The third-order valence-corrected chi connectivity index (χ3v) is 17.1. The predicted molar refractivity (Wildman–Crippen MR) is 176 cm³/mol. The fourth-order valence-corrected chi connectivity index (χ4v) is 9.93. The molecule has 0 radical (unpaired) electrons. The Kier molecular flexibility index (Phi) is 7.45. The first-order chi connectivity index (χ1) is 20.5. The van der Waals surface area contributed by atoms with Gasteiger partial charge in [-0.3, -0.25) is 4.98 Å². The van der Waals surface area contributed by atoms with Crippen molar-refractivity contribution in [3.05, 3.63) is 57.9 Å². The van der Waals surface area contributed by atoms with Crippen molar-refractivity contribution in [2.45, 2.75) is 133 Å². The van der Waals surface area contributed by atoms with E-state index in [2.05, 4.69) is 47.7 Å². The summed E-state index contributed by atoms with van der Waals surface area (Å²) in [5, 5.41) is 0.0188. The first-order valence-electron chi connectivity index (χ1n) is 16.6. The number of fused-ring (bicyclic) bond motifs is 4. The van der Waals surface area contributed by atoms with Crippen LogP contribution in [-0.4, -0.2) is 32.8 Å². The van der Waals surface area contributed by atoms with E-state index in [0.29, 0.717) is 18.8 Å². The zero-order valence-corrected chi connectivity index (χ0v) is 30.0. The molecule has 0 N–H and O–H groups in total. The van der Waals surface area contributed by atoms with E-state index in [1.807, 2.05) is 0 Å². The van der Waals surface area contributed by atoms with Crippen molar-refractivity contribution in [2.24, 2.45) is 5.41 Å². The van der Waals surface area contributed by atoms with Gasteiger partial charge in [-0.2, -0.15) is 0 Å². The molecule has 3 heterocycles. The summed E-state index contributed by atoms with van der Waals surface area (Å²) in [6.07, 6.45) is 6.19. The molecule has 45 heavy (non-hydrogen) atoms. The SMILES string of the molecule is CC1(C)Cc2nc(C3CCOCC3)c3c(c2C(O[Si](C)(C)C(C)(C)C)C1)C1(CCCC1)OC3c1ccc(S(C)(F)(F)(F)F)cc1. The largest absolute Gasteiger partial charge is 0.410 e. The van der Waals surface area contributed by atoms with Crippen molar-refractivity contribution in [3.63, 3.8) is 0 Å². The fraction of sp³-hybridized carbons (Fsp3) is 0.686. The number of hydrogen-bond donors (Lipinski definition) is 0. The molecule has 1 aromatic carbocycles. The molecule has 1 saturated carbocycles. The summed E-state index contributed by atoms with van der Waals surface area (Å²) in [4.78, 5) is 4.30. The topological polar surface area (TPSA) is 40.6 Å². The average molecular weight is 670 g/mol. The number of ether oxygens (including phenoxy) is 2. The molecule has 252 valence electrons. The predicted octanol–water partition coefficient (Wildman–Crippen LogP) is 11.3. The highest BCUT2D eigenvalue weighted by Gasteiger charge is 2.59. The van der Waals surface area contributed by atoms with Crippen LogP contribution in [0.1, 0.15) is 131 Å². The van der Waals surface area contributed by atoms with Crippen molar-refractivity contribution >= 4 is 18.2 Å². The van der Waals surface area contributed by atoms with Crippen LogP contribution >= 0.6 is 9.84 Å². The molecular weight excluding hydrogens is 619 g/mol. The van der Waals surface area contributed by atoms with E-state index in [-0.39, 0.29) is 28.7 Å². The van der Waals surface area contributed by atoms with E-state index in [1.165, 1.54) is 23.3 Å². The summed E-state index contributed by atoms with van der Waals surface area (Å²) in [5.41, 5.74) is 5.53. The minimum atomic E-state index is -8.32. The van der Waals surface area contributed by atoms with Gasteiger partial charge in [-0.25, -0.2) is 0 Å². The zero-order chi connectivity index (χ0) is 32.9. The molecule has 1 aromatic heterocycles. The number of aromatic nitrogens is 1. The highest BCUT2D eigenvalue weighted by atomic mass is 32.5. The minimum Gasteiger partial charge on any atom is -0.410 e. The normalized spacial score (nSPS) is 26.8. The molecule has 2 aliphatic heterocycles. The Balaban J connectivity index is 1.59. The van der Waals surface area contributed by atoms with Crippen molar-refractivity contribution in [1.29, 1.82) is 0 Å². The molecule has 2 fully saturated rings. The number of pyridine rings is 1. The van der Waals surface area contributed by atoms with Crippen molar-refractivity contribution < 1.29 is 29.4 Å².